The van der Waals surface area contributed by atoms with Crippen LogP contribution in [0.4, 0.5) is 0 Å². The first-order valence-electron chi connectivity index (χ1n) is 3.77. The van der Waals surface area contributed by atoms with E-state index in [4.69, 9.17) is 14.8 Å². The molecule has 0 aromatic carbocycles. The highest BCUT2D eigenvalue weighted by Crippen LogP contribution is 2.04. The molecule has 2 rings (SSSR count). The van der Waals surface area contributed by atoms with Gasteiger partial charge in [0.15, 0.2) is 0 Å². The number of imidazole rings is 1. The van der Waals surface area contributed by atoms with Gasteiger partial charge in [0.25, 0.3) is 0 Å². The molecule has 1 aliphatic rings. The van der Waals surface area contributed by atoms with Crippen LogP contribution in [0, 0.1) is 0 Å². The summed E-state index contributed by atoms with van der Waals surface area (Å²) < 4.78 is 7.02. The van der Waals surface area contributed by atoms with Gasteiger partial charge < -0.3 is 19.4 Å². The molecule has 0 bridgehead atoms. The molecule has 6 heteroatoms. The lowest BCUT2D eigenvalue weighted by atomic mass is 9.87. The second kappa shape index (κ2) is 2.89. The minimum Gasteiger partial charge on any atom is -0.422 e. The standard InChI is InChI=1S/C6H9BN2O3/c10-7(11)5-3-9-1-2-12-4-6(9)8-5/h3,10-11H,1-2,4H2. The van der Waals surface area contributed by atoms with E-state index < -0.39 is 7.12 Å². The van der Waals surface area contributed by atoms with Gasteiger partial charge in [0.05, 0.1) is 12.2 Å². The second-order valence-corrected chi connectivity index (χ2v) is 2.70. The summed E-state index contributed by atoms with van der Waals surface area (Å²) in [6.45, 7) is 1.84. The summed E-state index contributed by atoms with van der Waals surface area (Å²) in [6, 6.07) is 0. The molecule has 0 amide bonds. The Morgan fingerprint density at radius 2 is 2.42 bits per heavy atom. The Bertz CT molecular complexity index is 263. The van der Waals surface area contributed by atoms with Crippen molar-refractivity contribution in [1.82, 2.24) is 9.55 Å². The lowest BCUT2D eigenvalue weighted by Crippen LogP contribution is -2.30. The van der Waals surface area contributed by atoms with Crippen LogP contribution in [0.5, 0.6) is 0 Å². The molecular weight excluding hydrogens is 159 g/mol. The van der Waals surface area contributed by atoms with Crippen molar-refractivity contribution in [3.63, 3.8) is 0 Å². The number of ether oxygens (including phenoxy) is 1. The van der Waals surface area contributed by atoms with Gasteiger partial charge in [0.2, 0.25) is 0 Å². The highest BCUT2D eigenvalue weighted by Gasteiger charge is 2.19. The Kier molecular flexibility index (Phi) is 1.88. The number of aromatic nitrogens is 2. The number of hydrogen-bond donors (Lipinski definition) is 2. The lowest BCUT2D eigenvalue weighted by molar-refractivity contribution is 0.0816. The van der Waals surface area contributed by atoms with Crippen molar-refractivity contribution in [3.8, 4) is 0 Å². The molecule has 1 aliphatic heterocycles. The number of nitrogens with zero attached hydrogens (tertiary/aromatic N) is 2. The van der Waals surface area contributed by atoms with Crippen LogP contribution in [0.25, 0.3) is 0 Å². The van der Waals surface area contributed by atoms with Gasteiger partial charge in [-0.25, -0.2) is 4.98 Å². The van der Waals surface area contributed by atoms with Crippen molar-refractivity contribution < 1.29 is 14.8 Å². The first-order valence-corrected chi connectivity index (χ1v) is 3.77. The zero-order chi connectivity index (χ0) is 8.55. The molecular formula is C6H9BN2O3. The van der Waals surface area contributed by atoms with Crippen LogP contribution < -0.4 is 5.59 Å². The highest BCUT2D eigenvalue weighted by molar-refractivity contribution is 6.57. The van der Waals surface area contributed by atoms with Gasteiger partial charge in [-0.1, -0.05) is 0 Å². The van der Waals surface area contributed by atoms with E-state index in [9.17, 15) is 0 Å². The molecule has 2 heterocycles. The average Bonchev–Trinajstić information content (AvgIpc) is 2.46. The topological polar surface area (TPSA) is 67.5 Å². The second-order valence-electron chi connectivity index (χ2n) is 2.70. The number of fused-ring (bicyclic) bond motifs is 1. The molecule has 0 saturated carbocycles. The summed E-state index contributed by atoms with van der Waals surface area (Å²) in [7, 11) is -1.48. The maximum Gasteiger partial charge on any atom is 0.509 e. The molecule has 0 spiro atoms. The molecule has 64 valence electrons. The Hall–Kier alpha value is -0.845. The highest BCUT2D eigenvalue weighted by atomic mass is 16.5. The lowest BCUT2D eigenvalue weighted by Gasteiger charge is -2.13. The SMILES string of the molecule is OB(O)c1cn2c(n1)COCC2. The van der Waals surface area contributed by atoms with E-state index in [0.29, 0.717) is 13.2 Å². The van der Waals surface area contributed by atoms with E-state index >= 15 is 0 Å². The van der Waals surface area contributed by atoms with Gasteiger partial charge in [-0.05, 0) is 0 Å². The smallest absolute Gasteiger partial charge is 0.422 e. The third kappa shape index (κ3) is 1.24. The van der Waals surface area contributed by atoms with E-state index in [-0.39, 0.29) is 5.59 Å². The molecule has 0 radical (unpaired) electrons. The fraction of sp³-hybridized carbons (Fsp3) is 0.500. The largest absolute Gasteiger partial charge is 0.509 e. The Balaban J connectivity index is 2.32. The van der Waals surface area contributed by atoms with Crippen molar-refractivity contribution in [3.05, 3.63) is 12.0 Å². The Morgan fingerprint density at radius 3 is 3.08 bits per heavy atom. The summed E-state index contributed by atoms with van der Waals surface area (Å²) in [6.07, 6.45) is 1.64. The quantitative estimate of drug-likeness (QED) is 0.480. The van der Waals surface area contributed by atoms with Gasteiger partial charge in [-0.3, -0.25) is 0 Å². The van der Waals surface area contributed by atoms with Gasteiger partial charge >= 0.3 is 7.12 Å². The summed E-state index contributed by atoms with van der Waals surface area (Å²) in [5.74, 6) is 0.754. The van der Waals surface area contributed by atoms with Gasteiger partial charge in [-0.15, -0.1) is 0 Å². The molecule has 1 aromatic rings. The van der Waals surface area contributed by atoms with Crippen molar-refractivity contribution in [2.75, 3.05) is 6.61 Å². The zero-order valence-electron chi connectivity index (χ0n) is 6.47. The van der Waals surface area contributed by atoms with Crippen molar-refractivity contribution in [1.29, 1.82) is 0 Å². The number of hydrogen-bond acceptors (Lipinski definition) is 4. The molecule has 0 atom stereocenters. The molecule has 0 aliphatic carbocycles. The summed E-state index contributed by atoms with van der Waals surface area (Å²) in [4.78, 5) is 3.99. The van der Waals surface area contributed by atoms with Crippen LogP contribution >= 0.6 is 0 Å². The Morgan fingerprint density at radius 1 is 1.58 bits per heavy atom. The van der Waals surface area contributed by atoms with Crippen LogP contribution in [-0.2, 0) is 17.9 Å². The molecule has 2 N–H and O–H groups in total. The first kappa shape index (κ1) is 7.79. The monoisotopic (exact) mass is 168 g/mol. The van der Waals surface area contributed by atoms with Gasteiger partial charge in [0, 0.05) is 12.7 Å². The normalized spacial score (nSPS) is 15.8. The minimum atomic E-state index is -1.48. The first-order chi connectivity index (χ1) is 5.77. The van der Waals surface area contributed by atoms with Gasteiger partial charge in [0.1, 0.15) is 12.4 Å². The van der Waals surface area contributed by atoms with Crippen LogP contribution in [0.3, 0.4) is 0 Å². The summed E-state index contributed by atoms with van der Waals surface area (Å²) in [5.41, 5.74) is 0.288. The Labute approximate surface area is 69.8 Å². The van der Waals surface area contributed by atoms with Gasteiger partial charge in [-0.2, -0.15) is 0 Å². The van der Waals surface area contributed by atoms with E-state index in [1.807, 2.05) is 4.57 Å². The van der Waals surface area contributed by atoms with Crippen LogP contribution in [-0.4, -0.2) is 33.3 Å². The zero-order valence-corrected chi connectivity index (χ0v) is 6.47. The van der Waals surface area contributed by atoms with Crippen molar-refractivity contribution in [2.45, 2.75) is 13.2 Å². The van der Waals surface area contributed by atoms with E-state index in [2.05, 4.69) is 4.98 Å². The predicted octanol–water partition coefficient (Wildman–Crippen LogP) is -1.91. The molecule has 1 aromatic heterocycles. The average molecular weight is 168 g/mol. The summed E-state index contributed by atoms with van der Waals surface area (Å²) >= 11 is 0. The maximum atomic E-state index is 8.81. The van der Waals surface area contributed by atoms with E-state index in [0.717, 1.165) is 12.4 Å². The van der Waals surface area contributed by atoms with Crippen molar-refractivity contribution >= 4 is 12.7 Å². The number of rotatable bonds is 1. The third-order valence-electron chi connectivity index (χ3n) is 1.85. The fourth-order valence-corrected chi connectivity index (χ4v) is 1.24. The van der Waals surface area contributed by atoms with E-state index in [1.54, 1.807) is 6.20 Å². The summed E-state index contributed by atoms with van der Waals surface area (Å²) in [5, 5.41) is 17.6. The van der Waals surface area contributed by atoms with E-state index in [1.165, 1.54) is 0 Å². The van der Waals surface area contributed by atoms with Crippen LogP contribution in [0.1, 0.15) is 5.82 Å². The molecule has 0 fully saturated rings. The molecule has 5 nitrogen and oxygen atoms in total. The fourth-order valence-electron chi connectivity index (χ4n) is 1.24. The van der Waals surface area contributed by atoms with Crippen molar-refractivity contribution in [2.24, 2.45) is 0 Å². The minimum absolute atomic E-state index is 0.288. The molecule has 12 heavy (non-hydrogen) atoms. The van der Waals surface area contributed by atoms with Crippen LogP contribution in [0.15, 0.2) is 6.20 Å². The maximum absolute atomic E-state index is 8.81. The third-order valence-corrected chi connectivity index (χ3v) is 1.85. The van der Waals surface area contributed by atoms with Crippen LogP contribution in [0.2, 0.25) is 0 Å². The predicted molar refractivity (Wildman–Crippen MR) is 41.7 cm³/mol. The molecule has 0 unspecified atom stereocenters. The molecule has 0 saturated heterocycles.